The van der Waals surface area contributed by atoms with Crippen molar-refractivity contribution < 1.29 is 23.5 Å². The number of hydrogen-bond acceptors (Lipinski definition) is 6. The molecule has 9 nitrogen and oxygen atoms in total. The van der Waals surface area contributed by atoms with Gasteiger partial charge in [-0.05, 0) is 49.7 Å². The normalized spacial score (nSPS) is 11.8. The summed E-state index contributed by atoms with van der Waals surface area (Å²) in [5, 5.41) is 0.159. The van der Waals surface area contributed by atoms with Crippen molar-refractivity contribution in [1.29, 1.82) is 0 Å². The first-order valence-corrected chi connectivity index (χ1v) is 11.0. The van der Waals surface area contributed by atoms with E-state index in [0.29, 0.717) is 18.7 Å². The van der Waals surface area contributed by atoms with Gasteiger partial charge in [0.15, 0.2) is 5.49 Å². The molecule has 0 unspecified atom stereocenters. The van der Waals surface area contributed by atoms with E-state index in [4.69, 9.17) is 9.47 Å². The highest BCUT2D eigenvalue weighted by Crippen LogP contribution is 2.13. The van der Waals surface area contributed by atoms with Gasteiger partial charge < -0.3 is 14.0 Å². The van der Waals surface area contributed by atoms with Gasteiger partial charge in [0.05, 0.1) is 12.0 Å². The monoisotopic (exact) mass is 478 g/mol. The summed E-state index contributed by atoms with van der Waals surface area (Å²) < 4.78 is 27.0. The van der Waals surface area contributed by atoms with E-state index in [1.807, 2.05) is 0 Å². The van der Waals surface area contributed by atoms with Crippen molar-refractivity contribution in [2.24, 2.45) is 4.99 Å². The number of carbonyl (C=O) groups is 2. The third kappa shape index (κ3) is 4.87. The van der Waals surface area contributed by atoms with Gasteiger partial charge in [-0.15, -0.1) is 0 Å². The topological polar surface area (TPSA) is 104 Å². The van der Waals surface area contributed by atoms with Crippen LogP contribution in [-0.4, -0.2) is 46.2 Å². The number of fused-ring (bicyclic) bond motifs is 2. The Morgan fingerprint density at radius 3 is 2.71 bits per heavy atom. The Kier molecular flexibility index (Phi) is 7.11. The average Bonchev–Trinajstić information content (AvgIpc) is 2.85. The first-order valence-electron chi connectivity index (χ1n) is 11.0. The molecule has 0 saturated heterocycles. The number of aryl methyl sites for hydroxylation is 1. The molecule has 0 fully saturated rings. The van der Waals surface area contributed by atoms with Crippen LogP contribution in [0.5, 0.6) is 0 Å². The maximum Gasteiger partial charge on any atom is 0.341 e. The van der Waals surface area contributed by atoms with Gasteiger partial charge in [0.1, 0.15) is 22.7 Å². The molecule has 0 saturated carbocycles. The van der Waals surface area contributed by atoms with Crippen LogP contribution in [0.2, 0.25) is 0 Å². The Morgan fingerprint density at radius 1 is 1.14 bits per heavy atom. The van der Waals surface area contributed by atoms with Crippen LogP contribution in [0, 0.1) is 5.82 Å². The maximum absolute atomic E-state index is 13.7. The van der Waals surface area contributed by atoms with Gasteiger partial charge in [-0.3, -0.25) is 14.0 Å². The minimum absolute atomic E-state index is 0.00916. The lowest BCUT2D eigenvalue weighted by Crippen LogP contribution is -2.33. The molecule has 3 aromatic heterocycles. The second-order valence-electron chi connectivity index (χ2n) is 7.61. The van der Waals surface area contributed by atoms with Gasteiger partial charge in [0.2, 0.25) is 0 Å². The number of amides is 1. The summed E-state index contributed by atoms with van der Waals surface area (Å²) >= 11 is 0. The number of carbonyl (C=O) groups excluding carboxylic acids is 2. The van der Waals surface area contributed by atoms with E-state index in [1.165, 1.54) is 33.2 Å². The number of aromatic nitrogens is 3. The van der Waals surface area contributed by atoms with Crippen LogP contribution in [0.15, 0.2) is 64.5 Å². The molecule has 180 valence electrons. The van der Waals surface area contributed by atoms with E-state index < -0.39 is 17.7 Å². The molecular weight excluding hydrogens is 455 g/mol. The minimum atomic E-state index is -0.757. The SMILES string of the molecule is CCOC(=O)c1cc2c(=O)n3ccccc3nc2n(CCCOC)c1=NC(=O)c1cccc(F)c1. The van der Waals surface area contributed by atoms with Crippen LogP contribution in [0.25, 0.3) is 16.7 Å². The lowest BCUT2D eigenvalue weighted by Gasteiger charge is -2.15. The fourth-order valence-corrected chi connectivity index (χ4v) is 3.72. The zero-order valence-electron chi connectivity index (χ0n) is 19.2. The number of methoxy groups -OCH3 is 1. The van der Waals surface area contributed by atoms with E-state index in [-0.39, 0.29) is 46.4 Å². The minimum Gasteiger partial charge on any atom is -0.462 e. The van der Waals surface area contributed by atoms with Gasteiger partial charge in [-0.1, -0.05) is 12.1 Å². The third-order valence-corrected chi connectivity index (χ3v) is 5.29. The molecule has 1 amide bonds. The van der Waals surface area contributed by atoms with Crippen molar-refractivity contribution in [1.82, 2.24) is 14.0 Å². The number of benzene rings is 1. The molecule has 0 spiro atoms. The first kappa shape index (κ1) is 24.0. The van der Waals surface area contributed by atoms with Crippen molar-refractivity contribution in [2.45, 2.75) is 19.9 Å². The molecule has 0 aliphatic rings. The average molecular weight is 478 g/mol. The second kappa shape index (κ2) is 10.4. The van der Waals surface area contributed by atoms with Crippen LogP contribution in [0.3, 0.4) is 0 Å². The number of esters is 1. The van der Waals surface area contributed by atoms with Crippen molar-refractivity contribution in [3.8, 4) is 0 Å². The van der Waals surface area contributed by atoms with E-state index in [9.17, 15) is 18.8 Å². The van der Waals surface area contributed by atoms with Gasteiger partial charge in [-0.2, -0.15) is 4.99 Å². The maximum atomic E-state index is 13.7. The van der Waals surface area contributed by atoms with Crippen LogP contribution >= 0.6 is 0 Å². The van der Waals surface area contributed by atoms with Crippen molar-refractivity contribution >= 4 is 28.6 Å². The summed E-state index contributed by atoms with van der Waals surface area (Å²) in [6.45, 7) is 2.33. The highest BCUT2D eigenvalue weighted by atomic mass is 19.1. The Balaban J connectivity index is 2.09. The lowest BCUT2D eigenvalue weighted by molar-refractivity contribution is 0.0523. The molecule has 4 aromatic rings. The van der Waals surface area contributed by atoms with Crippen molar-refractivity contribution in [3.05, 3.63) is 87.5 Å². The zero-order chi connectivity index (χ0) is 24.9. The van der Waals surface area contributed by atoms with Gasteiger partial charge in [-0.25, -0.2) is 14.2 Å². The Bertz CT molecular complexity index is 1560. The number of ether oxygens (including phenoxy) is 2. The predicted octanol–water partition coefficient (Wildman–Crippen LogP) is 2.74. The summed E-state index contributed by atoms with van der Waals surface area (Å²) in [7, 11) is 1.55. The number of halogens is 1. The fraction of sp³-hybridized carbons (Fsp3) is 0.240. The van der Waals surface area contributed by atoms with Crippen molar-refractivity contribution in [3.63, 3.8) is 0 Å². The molecule has 3 heterocycles. The van der Waals surface area contributed by atoms with Crippen LogP contribution < -0.4 is 11.0 Å². The van der Waals surface area contributed by atoms with Gasteiger partial charge >= 0.3 is 5.97 Å². The van der Waals surface area contributed by atoms with Crippen molar-refractivity contribution in [2.75, 3.05) is 20.3 Å². The van der Waals surface area contributed by atoms with E-state index in [0.717, 1.165) is 6.07 Å². The van der Waals surface area contributed by atoms with Crippen LogP contribution in [0.1, 0.15) is 34.1 Å². The molecule has 4 rings (SSSR count). The summed E-state index contributed by atoms with van der Waals surface area (Å²) in [6, 6.07) is 11.5. The molecule has 35 heavy (non-hydrogen) atoms. The summed E-state index contributed by atoms with van der Waals surface area (Å²) in [6.07, 6.45) is 2.06. The highest BCUT2D eigenvalue weighted by molar-refractivity contribution is 5.97. The van der Waals surface area contributed by atoms with E-state index in [2.05, 4.69) is 9.98 Å². The quantitative estimate of drug-likeness (QED) is 0.230. The predicted molar refractivity (Wildman–Crippen MR) is 126 cm³/mol. The fourth-order valence-electron chi connectivity index (χ4n) is 3.72. The van der Waals surface area contributed by atoms with Crippen LogP contribution in [0.4, 0.5) is 4.39 Å². The summed E-state index contributed by atoms with van der Waals surface area (Å²) in [5.74, 6) is -2.10. The number of rotatable bonds is 7. The Hall–Kier alpha value is -4.18. The standard InChI is InChI=1S/C25H23FN4O5/c1-3-35-25(33)19-15-18-21(27-20-10-4-5-11-29(20)24(18)32)30(12-7-13-34-2)22(19)28-23(31)16-8-6-9-17(26)14-16/h4-6,8-11,14-15H,3,7,12-13H2,1-2H3. The number of hydrogen-bond donors (Lipinski definition) is 0. The van der Waals surface area contributed by atoms with Crippen LogP contribution in [-0.2, 0) is 16.0 Å². The highest BCUT2D eigenvalue weighted by Gasteiger charge is 2.20. The molecule has 10 heteroatoms. The Morgan fingerprint density at radius 2 is 1.97 bits per heavy atom. The molecule has 0 N–H and O–H groups in total. The molecule has 0 aliphatic carbocycles. The zero-order valence-corrected chi connectivity index (χ0v) is 19.2. The largest absolute Gasteiger partial charge is 0.462 e. The summed E-state index contributed by atoms with van der Waals surface area (Å²) in [4.78, 5) is 48.0. The number of nitrogens with zero attached hydrogens (tertiary/aromatic N) is 4. The smallest absolute Gasteiger partial charge is 0.341 e. The molecule has 0 atom stereocenters. The molecule has 1 aromatic carbocycles. The summed E-state index contributed by atoms with van der Waals surface area (Å²) in [5.41, 5.74) is 0.146. The van der Waals surface area contributed by atoms with Gasteiger partial charge in [0.25, 0.3) is 11.5 Å². The second-order valence-corrected chi connectivity index (χ2v) is 7.61. The molecular formula is C25H23FN4O5. The number of pyridine rings is 2. The third-order valence-electron chi connectivity index (χ3n) is 5.29. The molecule has 0 radical (unpaired) electrons. The lowest BCUT2D eigenvalue weighted by atomic mass is 10.2. The van der Waals surface area contributed by atoms with E-state index in [1.54, 1.807) is 38.4 Å². The van der Waals surface area contributed by atoms with Gasteiger partial charge in [0, 0.05) is 32.0 Å². The van der Waals surface area contributed by atoms with E-state index >= 15 is 0 Å². The Labute approximate surface area is 199 Å². The molecule has 0 bridgehead atoms. The first-order chi connectivity index (χ1) is 16.9. The molecule has 0 aliphatic heterocycles.